The Hall–Kier alpha value is -2.05. The molecule has 0 spiro atoms. The van der Waals surface area contributed by atoms with Crippen molar-refractivity contribution in [3.63, 3.8) is 0 Å². The molecule has 1 aliphatic carbocycles. The van der Waals surface area contributed by atoms with Crippen molar-refractivity contribution in [1.29, 1.82) is 0 Å². The predicted octanol–water partition coefficient (Wildman–Crippen LogP) is 1.39. The Labute approximate surface area is 304 Å². The Bertz CT molecular complexity index is 2010. The van der Waals surface area contributed by atoms with Gasteiger partial charge in [0.25, 0.3) is 0 Å². The second kappa shape index (κ2) is 12.7. The molecule has 0 bridgehead atoms. The molecule has 47 heavy (non-hydrogen) atoms. The van der Waals surface area contributed by atoms with E-state index >= 15 is 0 Å². The Morgan fingerprint density at radius 1 is 0.660 bits per heavy atom. The van der Waals surface area contributed by atoms with Gasteiger partial charge in [0, 0.05) is 0 Å². The van der Waals surface area contributed by atoms with Gasteiger partial charge in [0.2, 0.25) is 0 Å². The fourth-order valence-corrected chi connectivity index (χ4v) is 36.6. The van der Waals surface area contributed by atoms with Crippen LogP contribution in [0.2, 0.25) is 39.3 Å². The zero-order valence-corrected chi connectivity index (χ0v) is 35.6. The second-order valence-corrected chi connectivity index (χ2v) is 40.5. The largest absolute Gasteiger partial charge is 1.00 e. The number of benzene rings is 5. The van der Waals surface area contributed by atoms with Gasteiger partial charge in [-0.05, 0) is 0 Å². The molecular weight excluding hydrogens is 739 g/mol. The van der Waals surface area contributed by atoms with Gasteiger partial charge in [-0.1, -0.05) is 0 Å². The fourth-order valence-electron chi connectivity index (χ4n) is 8.22. The SMILES string of the molecule is CCc1ccc2c(c1-c1cc([Si](C)(C)C)cc([Si](C)(C)C)c1)C=C(c1ccccc1)[CH]2[Zr+2]1[c]2cccc3c2[SiH]1c1ccccc1-3.[Cl-].[Cl-]. The standard InChI is InChI=1S/C29H35Si2.C12H8Si.2ClH.Zr/c1-8-21-14-15-23-16-24(22-12-10-9-11-13-22)19-28(23)29(21)25-17-26(30(2,3)4)20-27(18-25)31(5,6)7;1-3-7-11-9(5-1)10-6-2-4-8-12(10)13-11;;;/h9-20H,8H2,1-7H3;1-7,13H;2*1H;/q;;;;+2/p-2. The minimum absolute atomic E-state index is 0. The van der Waals surface area contributed by atoms with Crippen molar-refractivity contribution in [1.82, 2.24) is 0 Å². The third kappa shape index (κ3) is 5.56. The number of allylic oxidation sites excluding steroid dienone is 1. The third-order valence-electron chi connectivity index (χ3n) is 10.6. The maximum Gasteiger partial charge on any atom is -1.00 e. The van der Waals surface area contributed by atoms with Gasteiger partial charge in [0.05, 0.1) is 0 Å². The number of aryl methyl sites for hydroxylation is 1. The number of hydrogen-bond donors (Lipinski definition) is 0. The molecule has 0 amide bonds. The van der Waals surface area contributed by atoms with E-state index in [1.165, 1.54) is 27.8 Å². The van der Waals surface area contributed by atoms with E-state index in [-0.39, 0.29) is 24.8 Å². The molecule has 0 nitrogen and oxygen atoms in total. The first-order valence-corrected chi connectivity index (χ1v) is 32.4. The van der Waals surface area contributed by atoms with Crippen molar-refractivity contribution in [3.8, 4) is 22.3 Å². The molecule has 0 saturated carbocycles. The summed E-state index contributed by atoms with van der Waals surface area (Å²) in [4.78, 5) is 0. The van der Waals surface area contributed by atoms with Crippen LogP contribution < -0.4 is 48.8 Å². The topological polar surface area (TPSA) is 0 Å². The summed E-state index contributed by atoms with van der Waals surface area (Å²) in [5, 5.41) is 6.76. The number of rotatable bonds is 6. The molecule has 237 valence electrons. The fraction of sp³-hybridized carbons (Fsp3) is 0.220. The summed E-state index contributed by atoms with van der Waals surface area (Å²) in [5.41, 5.74) is 13.8. The Balaban J connectivity index is 0.00000193. The minimum Gasteiger partial charge on any atom is -1.00 e. The van der Waals surface area contributed by atoms with E-state index < -0.39 is 43.0 Å². The van der Waals surface area contributed by atoms with Crippen molar-refractivity contribution in [3.05, 3.63) is 125 Å². The monoisotopic (exact) mass is 779 g/mol. The van der Waals surface area contributed by atoms with E-state index in [9.17, 15) is 0 Å². The van der Waals surface area contributed by atoms with Crippen molar-refractivity contribution in [2.75, 3.05) is 0 Å². The summed E-state index contributed by atoms with van der Waals surface area (Å²) in [5.74, 6) is -1.18. The quantitative estimate of drug-likeness (QED) is 0.229. The first kappa shape index (κ1) is 34.8. The average Bonchev–Trinajstić information content (AvgIpc) is 3.55. The van der Waals surface area contributed by atoms with Gasteiger partial charge < -0.3 is 24.8 Å². The van der Waals surface area contributed by atoms with E-state index in [4.69, 9.17) is 0 Å². The van der Waals surface area contributed by atoms with Crippen molar-refractivity contribution in [2.45, 2.75) is 56.3 Å². The molecule has 2 unspecified atom stereocenters. The zero-order chi connectivity index (χ0) is 31.2. The van der Waals surface area contributed by atoms with Gasteiger partial charge in [-0.15, -0.1) is 0 Å². The van der Waals surface area contributed by atoms with Crippen LogP contribution >= 0.6 is 0 Å². The molecule has 0 saturated heterocycles. The summed E-state index contributed by atoms with van der Waals surface area (Å²) in [6.07, 6.45) is 3.73. The number of hydrogen-bond acceptors (Lipinski definition) is 0. The van der Waals surface area contributed by atoms with Crippen LogP contribution in [0.1, 0.15) is 32.8 Å². The van der Waals surface area contributed by atoms with Crippen LogP contribution in [0.15, 0.2) is 103 Å². The molecule has 5 aromatic carbocycles. The first-order valence-electron chi connectivity index (χ1n) is 16.7. The number of fused-ring (bicyclic) bond motifs is 4. The Morgan fingerprint density at radius 3 is 1.96 bits per heavy atom. The third-order valence-corrected chi connectivity index (χ3v) is 36.8. The molecule has 8 rings (SSSR count). The zero-order valence-electron chi connectivity index (χ0n) is 28.5. The van der Waals surface area contributed by atoms with Gasteiger partial charge in [-0.2, -0.15) is 0 Å². The van der Waals surface area contributed by atoms with Crippen LogP contribution in [-0.4, -0.2) is 22.1 Å². The first-order chi connectivity index (χ1) is 21.6. The van der Waals surface area contributed by atoms with Gasteiger partial charge in [-0.25, -0.2) is 0 Å². The van der Waals surface area contributed by atoms with Crippen LogP contribution in [0.3, 0.4) is 0 Å². The average molecular weight is 782 g/mol. The van der Waals surface area contributed by atoms with Crippen molar-refractivity contribution < 1.29 is 45.7 Å². The molecule has 6 heteroatoms. The minimum atomic E-state index is -2.14. The van der Waals surface area contributed by atoms with Crippen LogP contribution in [0.4, 0.5) is 0 Å². The van der Waals surface area contributed by atoms with Gasteiger partial charge in [0.15, 0.2) is 0 Å². The molecule has 2 heterocycles. The van der Waals surface area contributed by atoms with Gasteiger partial charge in [0.1, 0.15) is 0 Å². The maximum absolute atomic E-state index is 2.67. The summed E-state index contributed by atoms with van der Waals surface area (Å²) >= 11 is -2.14. The van der Waals surface area contributed by atoms with Crippen molar-refractivity contribution >= 4 is 57.7 Å². The molecule has 3 aliphatic rings. The number of halogens is 2. The maximum atomic E-state index is 2.67. The van der Waals surface area contributed by atoms with Crippen LogP contribution in [-0.2, 0) is 27.3 Å². The Kier molecular flexibility index (Phi) is 9.39. The second-order valence-electron chi connectivity index (χ2n) is 15.4. The summed E-state index contributed by atoms with van der Waals surface area (Å²) in [6.45, 7) is 17.4. The van der Waals surface area contributed by atoms with Crippen LogP contribution in [0.5, 0.6) is 0 Å². The van der Waals surface area contributed by atoms with E-state index in [1.54, 1.807) is 37.8 Å². The smallest absolute Gasteiger partial charge is 1.00 e. The van der Waals surface area contributed by atoms with Gasteiger partial charge in [-0.3, -0.25) is 0 Å². The summed E-state index contributed by atoms with van der Waals surface area (Å²) < 4.78 is 2.39. The van der Waals surface area contributed by atoms with Crippen LogP contribution in [0, 0.1) is 0 Å². The van der Waals surface area contributed by atoms with Crippen molar-refractivity contribution in [2.24, 2.45) is 0 Å². The van der Waals surface area contributed by atoms with E-state index in [1.807, 2.05) is 8.46 Å². The molecule has 0 aromatic heterocycles. The molecule has 2 atom stereocenters. The normalized spacial score (nSPS) is 17.1. The molecule has 0 N–H and O–H groups in total. The molecule has 2 aliphatic heterocycles. The van der Waals surface area contributed by atoms with E-state index in [0.29, 0.717) is 3.63 Å². The van der Waals surface area contributed by atoms with E-state index in [0.717, 1.165) is 6.42 Å². The molecule has 0 fully saturated rings. The summed E-state index contributed by atoms with van der Waals surface area (Å²) in [7, 11) is -3.03. The van der Waals surface area contributed by atoms with E-state index in [2.05, 4.69) is 155 Å². The molecule has 5 aromatic rings. The molecule has 0 radical (unpaired) electrons. The molecular formula is C41H43Cl2Si3Zr. The van der Waals surface area contributed by atoms with Gasteiger partial charge >= 0.3 is 283 Å². The summed E-state index contributed by atoms with van der Waals surface area (Å²) in [6, 6.07) is 41.1. The Morgan fingerprint density at radius 2 is 1.30 bits per heavy atom. The predicted molar refractivity (Wildman–Crippen MR) is 202 cm³/mol. The van der Waals surface area contributed by atoms with Crippen LogP contribution in [0.25, 0.3) is 33.9 Å².